The van der Waals surface area contributed by atoms with Gasteiger partial charge in [0.15, 0.2) is 5.84 Å². The van der Waals surface area contributed by atoms with Crippen LogP contribution in [0.3, 0.4) is 0 Å². The minimum atomic E-state index is -0.396. The topological polar surface area (TPSA) is 70.6 Å². The largest absolute Gasteiger partial charge is 0.409 e. The van der Waals surface area contributed by atoms with E-state index in [4.69, 9.17) is 10.9 Å². The van der Waals surface area contributed by atoms with Crippen molar-refractivity contribution in [2.45, 2.75) is 25.8 Å². The van der Waals surface area contributed by atoms with Crippen LogP contribution in [0.2, 0.25) is 0 Å². The first-order valence-electron chi connectivity index (χ1n) is 6.82. The van der Waals surface area contributed by atoms with Crippen molar-refractivity contribution in [2.75, 3.05) is 6.54 Å². The zero-order chi connectivity index (χ0) is 14.4. The minimum Gasteiger partial charge on any atom is -0.409 e. The molecule has 1 aliphatic rings. The van der Waals surface area contributed by atoms with Crippen molar-refractivity contribution in [1.82, 2.24) is 5.32 Å². The Labute approximate surface area is 118 Å². The first kappa shape index (κ1) is 14.5. The lowest BCUT2D eigenvalue weighted by Crippen LogP contribution is -2.25. The van der Waals surface area contributed by atoms with E-state index in [1.54, 1.807) is 6.07 Å². The number of nitrogens with one attached hydrogen (secondary N) is 1. The van der Waals surface area contributed by atoms with Crippen molar-refractivity contribution < 1.29 is 9.60 Å². The third-order valence-corrected chi connectivity index (χ3v) is 3.58. The van der Waals surface area contributed by atoms with Gasteiger partial charge in [-0.2, -0.15) is 0 Å². The Kier molecular flexibility index (Phi) is 5.12. The van der Waals surface area contributed by atoms with E-state index >= 15 is 0 Å². The fourth-order valence-corrected chi connectivity index (χ4v) is 2.45. The summed E-state index contributed by atoms with van der Waals surface area (Å²) < 4.78 is 13.2. The summed E-state index contributed by atoms with van der Waals surface area (Å²) in [5, 5.41) is 15.1. The number of halogens is 1. The van der Waals surface area contributed by atoms with E-state index in [0.29, 0.717) is 18.0 Å². The van der Waals surface area contributed by atoms with Crippen molar-refractivity contribution in [3.8, 4) is 0 Å². The lowest BCUT2D eigenvalue weighted by molar-refractivity contribution is 0.318. The van der Waals surface area contributed by atoms with E-state index in [1.165, 1.54) is 18.6 Å². The normalized spacial score (nSPS) is 19.2. The predicted molar refractivity (Wildman–Crippen MR) is 77.1 cm³/mol. The molecule has 1 unspecified atom stereocenters. The molecule has 0 saturated heterocycles. The van der Waals surface area contributed by atoms with Crippen LogP contribution in [-0.4, -0.2) is 17.6 Å². The van der Waals surface area contributed by atoms with Crippen LogP contribution in [0.15, 0.2) is 35.5 Å². The summed E-state index contributed by atoms with van der Waals surface area (Å²) in [6, 6.07) is 4.33. The van der Waals surface area contributed by atoms with Crippen LogP contribution in [0, 0.1) is 11.7 Å². The smallest absolute Gasteiger partial charge is 0.170 e. The van der Waals surface area contributed by atoms with Crippen LogP contribution in [0.1, 0.15) is 30.4 Å². The van der Waals surface area contributed by atoms with Gasteiger partial charge in [-0.05, 0) is 49.4 Å². The first-order chi connectivity index (χ1) is 9.70. The van der Waals surface area contributed by atoms with Gasteiger partial charge in [0, 0.05) is 12.1 Å². The van der Waals surface area contributed by atoms with E-state index in [-0.39, 0.29) is 5.84 Å². The molecule has 1 aromatic rings. The molecular weight excluding hydrogens is 257 g/mol. The van der Waals surface area contributed by atoms with Crippen LogP contribution in [0.5, 0.6) is 0 Å². The molecule has 0 saturated carbocycles. The summed E-state index contributed by atoms with van der Waals surface area (Å²) in [7, 11) is 0. The standard InChI is InChI=1S/C15H20FN3O/c16-13-7-6-12(14(8-13)15(17)19-20)10-18-9-11-4-2-1-3-5-11/h1-2,6-8,11,18,20H,3-5,9-10H2,(H2,17,19). The van der Waals surface area contributed by atoms with Gasteiger partial charge in [-0.3, -0.25) is 0 Å². The van der Waals surface area contributed by atoms with Crippen molar-refractivity contribution in [3.63, 3.8) is 0 Å². The van der Waals surface area contributed by atoms with Gasteiger partial charge in [-0.25, -0.2) is 4.39 Å². The number of hydrogen-bond donors (Lipinski definition) is 3. The van der Waals surface area contributed by atoms with E-state index in [9.17, 15) is 4.39 Å². The van der Waals surface area contributed by atoms with E-state index in [1.807, 2.05) is 0 Å². The second-order valence-electron chi connectivity index (χ2n) is 5.07. The number of rotatable bonds is 5. The molecule has 0 bridgehead atoms. The molecule has 4 nitrogen and oxygen atoms in total. The monoisotopic (exact) mass is 277 g/mol. The Balaban J connectivity index is 1.96. The number of allylic oxidation sites excluding steroid dienone is 2. The Morgan fingerprint density at radius 1 is 1.45 bits per heavy atom. The highest BCUT2D eigenvalue weighted by atomic mass is 19.1. The van der Waals surface area contributed by atoms with Gasteiger partial charge < -0.3 is 16.3 Å². The zero-order valence-corrected chi connectivity index (χ0v) is 11.3. The molecule has 0 spiro atoms. The SMILES string of the molecule is NC(=NO)c1cc(F)ccc1CNCC1CC=CCC1. The fourth-order valence-electron chi connectivity index (χ4n) is 2.45. The summed E-state index contributed by atoms with van der Waals surface area (Å²) in [6.45, 7) is 1.49. The Morgan fingerprint density at radius 2 is 2.30 bits per heavy atom. The molecule has 0 radical (unpaired) electrons. The second kappa shape index (κ2) is 7.05. The number of nitrogens with two attached hydrogens (primary N) is 1. The van der Waals surface area contributed by atoms with E-state index in [0.717, 1.165) is 24.9 Å². The summed E-state index contributed by atoms with van der Waals surface area (Å²) in [5.41, 5.74) is 6.84. The van der Waals surface area contributed by atoms with Crippen LogP contribution in [-0.2, 0) is 6.54 Å². The van der Waals surface area contributed by atoms with Gasteiger partial charge in [0.25, 0.3) is 0 Å². The van der Waals surface area contributed by atoms with Crippen LogP contribution in [0.25, 0.3) is 0 Å². The molecule has 108 valence electrons. The quantitative estimate of drug-likeness (QED) is 0.254. The van der Waals surface area contributed by atoms with Crippen LogP contribution in [0.4, 0.5) is 4.39 Å². The number of hydrogen-bond acceptors (Lipinski definition) is 3. The lowest BCUT2D eigenvalue weighted by Gasteiger charge is -2.18. The highest BCUT2D eigenvalue weighted by Crippen LogP contribution is 2.17. The molecule has 4 N–H and O–H groups in total. The minimum absolute atomic E-state index is 0.0677. The fraction of sp³-hybridized carbons (Fsp3) is 0.400. The van der Waals surface area contributed by atoms with Crippen LogP contribution < -0.4 is 11.1 Å². The Hall–Kier alpha value is -1.88. The molecule has 5 heteroatoms. The molecule has 1 aromatic carbocycles. The zero-order valence-electron chi connectivity index (χ0n) is 11.3. The highest BCUT2D eigenvalue weighted by molar-refractivity contribution is 5.98. The molecule has 0 aliphatic heterocycles. The number of benzene rings is 1. The third kappa shape index (κ3) is 3.81. The molecule has 2 rings (SSSR count). The van der Waals surface area contributed by atoms with Gasteiger partial charge in [-0.15, -0.1) is 0 Å². The van der Waals surface area contributed by atoms with Gasteiger partial charge in [0.05, 0.1) is 0 Å². The molecule has 1 atom stereocenters. The van der Waals surface area contributed by atoms with Crippen molar-refractivity contribution in [1.29, 1.82) is 0 Å². The van der Waals surface area contributed by atoms with Crippen molar-refractivity contribution in [3.05, 3.63) is 47.3 Å². The predicted octanol–water partition coefficient (Wildman–Crippen LogP) is 2.37. The molecular formula is C15H20FN3O. The van der Waals surface area contributed by atoms with Crippen LogP contribution >= 0.6 is 0 Å². The molecule has 1 aliphatic carbocycles. The summed E-state index contributed by atoms with van der Waals surface area (Å²) in [6.07, 6.45) is 7.87. The van der Waals surface area contributed by atoms with E-state index < -0.39 is 5.82 Å². The van der Waals surface area contributed by atoms with E-state index in [2.05, 4.69) is 22.6 Å². The average molecular weight is 277 g/mol. The first-order valence-corrected chi connectivity index (χ1v) is 6.82. The maximum absolute atomic E-state index is 13.2. The summed E-state index contributed by atoms with van der Waals surface area (Å²) in [5.74, 6) is 0.183. The second-order valence-corrected chi connectivity index (χ2v) is 5.07. The summed E-state index contributed by atoms with van der Waals surface area (Å²) >= 11 is 0. The molecule has 0 fully saturated rings. The Bertz CT molecular complexity index is 514. The van der Waals surface area contributed by atoms with Crippen molar-refractivity contribution in [2.24, 2.45) is 16.8 Å². The molecule has 20 heavy (non-hydrogen) atoms. The average Bonchev–Trinajstić information content (AvgIpc) is 2.49. The Morgan fingerprint density at radius 3 is 3.00 bits per heavy atom. The number of amidine groups is 1. The van der Waals surface area contributed by atoms with Gasteiger partial charge >= 0.3 is 0 Å². The number of oxime groups is 1. The van der Waals surface area contributed by atoms with Crippen molar-refractivity contribution >= 4 is 5.84 Å². The maximum Gasteiger partial charge on any atom is 0.170 e. The highest BCUT2D eigenvalue weighted by Gasteiger charge is 2.11. The number of nitrogens with zero attached hydrogens (tertiary/aromatic N) is 1. The third-order valence-electron chi connectivity index (χ3n) is 3.58. The van der Waals surface area contributed by atoms with Gasteiger partial charge in [0.2, 0.25) is 0 Å². The lowest BCUT2D eigenvalue weighted by atomic mass is 9.94. The molecule has 0 heterocycles. The summed E-state index contributed by atoms with van der Waals surface area (Å²) in [4.78, 5) is 0. The van der Waals surface area contributed by atoms with Gasteiger partial charge in [-0.1, -0.05) is 23.4 Å². The molecule has 0 amide bonds. The maximum atomic E-state index is 13.2. The molecule has 0 aromatic heterocycles. The van der Waals surface area contributed by atoms with Gasteiger partial charge in [0.1, 0.15) is 5.82 Å².